The fourth-order valence-corrected chi connectivity index (χ4v) is 9.21. The Morgan fingerprint density at radius 1 is 0.388 bits per heavy atom. The average molecular weight is 641 g/mol. The lowest BCUT2D eigenvalue weighted by Gasteiger charge is -2.14. The number of aromatic nitrogens is 2. The van der Waals surface area contributed by atoms with Gasteiger partial charge >= 0.3 is 0 Å². The van der Waals surface area contributed by atoms with Gasteiger partial charge in [-0.3, -0.25) is 0 Å². The van der Waals surface area contributed by atoms with E-state index in [1.54, 1.807) is 0 Å². The molecule has 0 fully saturated rings. The summed E-state index contributed by atoms with van der Waals surface area (Å²) in [6, 6.07) is 60.1. The van der Waals surface area contributed by atoms with Crippen molar-refractivity contribution in [2.75, 3.05) is 0 Å². The van der Waals surface area contributed by atoms with Gasteiger partial charge in [-0.1, -0.05) is 115 Å². The third-order valence-electron chi connectivity index (χ3n) is 10.3. The van der Waals surface area contributed by atoms with E-state index < -0.39 is 0 Å². The van der Waals surface area contributed by atoms with Gasteiger partial charge in [-0.25, -0.2) is 0 Å². The van der Waals surface area contributed by atoms with Gasteiger partial charge in [-0.15, -0.1) is 11.3 Å². The number of nitrogens with zero attached hydrogens (tertiary/aromatic N) is 1. The molecule has 3 heterocycles. The minimum absolute atomic E-state index is 1.17. The summed E-state index contributed by atoms with van der Waals surface area (Å²) in [5.41, 5.74) is 11.0. The molecule has 3 heteroatoms. The van der Waals surface area contributed by atoms with Crippen LogP contribution in [0.4, 0.5) is 0 Å². The van der Waals surface area contributed by atoms with Crippen molar-refractivity contribution in [1.82, 2.24) is 9.55 Å². The molecule has 3 aromatic heterocycles. The minimum Gasteiger partial charge on any atom is -0.354 e. The first-order chi connectivity index (χ1) is 24.3. The van der Waals surface area contributed by atoms with Crippen LogP contribution in [0.2, 0.25) is 0 Å². The molecule has 0 atom stereocenters. The van der Waals surface area contributed by atoms with Crippen LogP contribution in [0.5, 0.6) is 0 Å². The number of nitrogens with one attached hydrogen (secondary N) is 1. The highest BCUT2D eigenvalue weighted by Gasteiger charge is 2.19. The Balaban J connectivity index is 1.14. The molecule has 0 aliphatic heterocycles. The van der Waals surface area contributed by atoms with Gasteiger partial charge in [-0.2, -0.15) is 0 Å². The Kier molecular flexibility index (Phi) is 5.57. The standard InChI is InChI=1S/C46H28N2S/c1-2-11-29(12-3-1)33-16-6-8-19-42(33)48-43-20-9-7-17-34(43)37-24-38-39-25-41-36(26-45(39)49-46(38)27-44(37)48)35-23-30(21-22-40(35)47-41)32-18-10-14-28-13-4-5-15-31(28)32/h1-27,47H. The maximum Gasteiger partial charge on any atom is 0.0555 e. The first-order valence-corrected chi connectivity index (χ1v) is 17.6. The highest BCUT2D eigenvalue weighted by molar-refractivity contribution is 7.26. The second kappa shape index (κ2) is 10.2. The maximum absolute atomic E-state index is 3.76. The molecule has 0 bridgehead atoms. The van der Waals surface area contributed by atoms with Gasteiger partial charge in [-0.05, 0) is 76.0 Å². The van der Waals surface area contributed by atoms with Crippen LogP contribution in [0.3, 0.4) is 0 Å². The Morgan fingerprint density at radius 3 is 2.04 bits per heavy atom. The second-order valence-corrected chi connectivity index (χ2v) is 14.1. The Bertz CT molecular complexity index is 3100. The largest absolute Gasteiger partial charge is 0.354 e. The molecule has 0 saturated heterocycles. The fraction of sp³-hybridized carbons (Fsp3) is 0. The highest BCUT2D eigenvalue weighted by Crippen LogP contribution is 2.44. The summed E-state index contributed by atoms with van der Waals surface area (Å²) < 4.78 is 5.08. The van der Waals surface area contributed by atoms with E-state index in [-0.39, 0.29) is 0 Å². The smallest absolute Gasteiger partial charge is 0.0555 e. The van der Waals surface area contributed by atoms with E-state index in [2.05, 4.69) is 173 Å². The molecule has 2 nitrogen and oxygen atoms in total. The van der Waals surface area contributed by atoms with Crippen LogP contribution in [0.1, 0.15) is 0 Å². The van der Waals surface area contributed by atoms with Crippen molar-refractivity contribution >= 4 is 85.9 Å². The summed E-state index contributed by atoms with van der Waals surface area (Å²) in [4.78, 5) is 3.76. The third kappa shape index (κ3) is 3.94. The molecule has 0 aliphatic carbocycles. The van der Waals surface area contributed by atoms with Crippen LogP contribution >= 0.6 is 11.3 Å². The van der Waals surface area contributed by atoms with Crippen LogP contribution in [0.25, 0.3) is 102 Å². The van der Waals surface area contributed by atoms with Crippen LogP contribution in [0, 0.1) is 0 Å². The fourth-order valence-electron chi connectivity index (χ4n) is 8.07. The van der Waals surface area contributed by atoms with Gasteiger partial charge in [0.2, 0.25) is 0 Å². The zero-order chi connectivity index (χ0) is 32.1. The zero-order valence-corrected chi connectivity index (χ0v) is 27.3. The minimum atomic E-state index is 1.17. The van der Waals surface area contributed by atoms with Gasteiger partial charge in [0.25, 0.3) is 0 Å². The highest BCUT2D eigenvalue weighted by atomic mass is 32.1. The molecule has 11 rings (SSSR count). The summed E-state index contributed by atoms with van der Waals surface area (Å²) in [6.45, 7) is 0. The van der Waals surface area contributed by atoms with Crippen molar-refractivity contribution in [1.29, 1.82) is 0 Å². The van der Waals surface area contributed by atoms with E-state index in [4.69, 9.17) is 0 Å². The lowest BCUT2D eigenvalue weighted by Crippen LogP contribution is -1.96. The van der Waals surface area contributed by atoms with E-state index in [1.807, 2.05) is 11.3 Å². The Morgan fingerprint density at radius 2 is 1.10 bits per heavy atom. The number of hydrogen-bond acceptors (Lipinski definition) is 1. The molecule has 8 aromatic carbocycles. The van der Waals surface area contributed by atoms with E-state index in [9.17, 15) is 0 Å². The summed E-state index contributed by atoms with van der Waals surface area (Å²) in [6.07, 6.45) is 0. The number of hydrogen-bond donors (Lipinski definition) is 1. The van der Waals surface area contributed by atoms with Gasteiger partial charge in [0.05, 0.1) is 16.7 Å². The lowest BCUT2D eigenvalue weighted by atomic mass is 9.97. The van der Waals surface area contributed by atoms with Crippen LogP contribution in [0.15, 0.2) is 164 Å². The quantitative estimate of drug-likeness (QED) is 0.198. The first-order valence-electron chi connectivity index (χ1n) is 16.8. The van der Waals surface area contributed by atoms with Crippen molar-refractivity contribution < 1.29 is 0 Å². The Labute approximate surface area is 286 Å². The first kappa shape index (κ1) is 26.9. The van der Waals surface area contributed by atoms with Crippen molar-refractivity contribution in [2.45, 2.75) is 0 Å². The van der Waals surface area contributed by atoms with Gasteiger partial charge in [0.1, 0.15) is 0 Å². The number of thiophene rings is 1. The molecule has 0 unspecified atom stereocenters. The summed E-state index contributed by atoms with van der Waals surface area (Å²) in [5, 5.41) is 10.2. The zero-order valence-electron chi connectivity index (χ0n) is 26.4. The van der Waals surface area contributed by atoms with Gasteiger partial charge < -0.3 is 9.55 Å². The summed E-state index contributed by atoms with van der Waals surface area (Å²) in [7, 11) is 0. The number of aromatic amines is 1. The predicted octanol–water partition coefficient (Wildman–Crippen LogP) is 13.3. The molecule has 0 saturated carbocycles. The number of fused-ring (bicyclic) bond motifs is 10. The van der Waals surface area contributed by atoms with E-state index >= 15 is 0 Å². The number of benzene rings is 8. The monoisotopic (exact) mass is 640 g/mol. The third-order valence-corrected chi connectivity index (χ3v) is 11.4. The number of H-pyrrole nitrogens is 1. The number of para-hydroxylation sites is 2. The van der Waals surface area contributed by atoms with E-state index in [0.717, 1.165) is 0 Å². The molecule has 0 amide bonds. The van der Waals surface area contributed by atoms with E-state index in [0.29, 0.717) is 0 Å². The molecule has 0 aliphatic rings. The molecule has 228 valence electrons. The molecule has 11 aromatic rings. The lowest BCUT2D eigenvalue weighted by molar-refractivity contribution is 1.18. The Hall–Kier alpha value is -6.16. The number of rotatable bonds is 3. The van der Waals surface area contributed by atoms with Gasteiger partial charge in [0, 0.05) is 58.3 Å². The normalized spacial score (nSPS) is 12.1. The van der Waals surface area contributed by atoms with Crippen molar-refractivity contribution in [3.05, 3.63) is 164 Å². The van der Waals surface area contributed by atoms with Crippen molar-refractivity contribution in [3.8, 4) is 27.9 Å². The van der Waals surface area contributed by atoms with Crippen LogP contribution < -0.4 is 0 Å². The molecular weight excluding hydrogens is 613 g/mol. The molecule has 0 radical (unpaired) electrons. The summed E-state index contributed by atoms with van der Waals surface area (Å²) in [5.74, 6) is 0. The molecule has 1 N–H and O–H groups in total. The van der Waals surface area contributed by atoms with Crippen LogP contribution in [-0.4, -0.2) is 9.55 Å². The maximum atomic E-state index is 3.76. The van der Waals surface area contributed by atoms with Crippen LogP contribution in [-0.2, 0) is 0 Å². The van der Waals surface area contributed by atoms with E-state index in [1.165, 1.54) is 102 Å². The molecule has 49 heavy (non-hydrogen) atoms. The molecular formula is C46H28N2S. The van der Waals surface area contributed by atoms with Crippen molar-refractivity contribution in [2.24, 2.45) is 0 Å². The second-order valence-electron chi connectivity index (χ2n) is 13.0. The molecule has 0 spiro atoms. The SMILES string of the molecule is c1ccc(-c2ccccc2-n2c3ccccc3c3cc4c(cc32)sc2cc3c(cc24)[nH]c2ccc(-c4cccc5ccccc45)cc23)cc1. The van der Waals surface area contributed by atoms with Crippen molar-refractivity contribution in [3.63, 3.8) is 0 Å². The van der Waals surface area contributed by atoms with Gasteiger partial charge in [0.15, 0.2) is 0 Å². The average Bonchev–Trinajstić information content (AvgIpc) is 3.81. The predicted molar refractivity (Wildman–Crippen MR) is 211 cm³/mol. The summed E-state index contributed by atoms with van der Waals surface area (Å²) >= 11 is 1.89. The topological polar surface area (TPSA) is 20.7 Å².